The van der Waals surface area contributed by atoms with Crippen molar-refractivity contribution in [3.63, 3.8) is 0 Å². The topological polar surface area (TPSA) is 663 Å². The molecule has 30 aliphatic heterocycles. The molecule has 108 heavy (non-hydrogen) atoms. The normalized spacial score (nSPS) is 47.0. The molecule has 30 aliphatic rings. The van der Waals surface area contributed by atoms with Gasteiger partial charge in [0, 0.05) is 12.0 Å². The minimum Gasteiger partial charge on any atom is -0.491 e. The van der Waals surface area contributed by atoms with Gasteiger partial charge in [-0.1, -0.05) is 30.3 Å². The molecule has 42 nitrogen and oxygen atoms in total. The summed E-state index contributed by atoms with van der Waals surface area (Å²) in [5, 5.41) is 267. The molecule has 16 bridgehead atoms. The predicted octanol–water partition coefficient (Wildman–Crippen LogP) is -12.9. The van der Waals surface area contributed by atoms with Crippen LogP contribution in [-0.4, -0.2) is 421 Å². The fraction of sp³-hybridized carbons (Fsp3) is 0.773. The van der Waals surface area contributed by atoms with E-state index < -0.39 is 298 Å². The number of benzene rings is 2. The van der Waals surface area contributed by atoms with Gasteiger partial charge in [-0.25, -0.2) is 0 Å². The van der Waals surface area contributed by atoms with E-state index >= 15 is 0 Å². The third-order valence-electron chi connectivity index (χ3n) is 20.4. The van der Waals surface area contributed by atoms with Crippen LogP contribution in [0.1, 0.15) is 13.8 Å². The molecule has 0 saturated carbocycles. The molecule has 0 amide bonds. The molecule has 30 saturated heterocycles. The Bertz CT molecular complexity index is 3330. The number of hydrogen-bond acceptors (Lipinski definition) is 42. The first kappa shape index (κ1) is 84.8. The Morgan fingerprint density at radius 3 is 0.880 bits per heavy atom. The van der Waals surface area contributed by atoms with E-state index in [-0.39, 0.29) is 11.5 Å². The van der Waals surface area contributed by atoms with E-state index in [1.54, 1.807) is 18.2 Å². The smallest absolute Gasteiger partial charge is 0.200 e. The molecule has 33 rings (SSSR count). The molecule has 2 aromatic carbocycles. The van der Waals surface area contributed by atoms with Gasteiger partial charge in [-0.2, -0.15) is 0 Å². The zero-order valence-corrected chi connectivity index (χ0v) is 57.6. The van der Waals surface area contributed by atoms with Crippen molar-refractivity contribution in [2.75, 3.05) is 52.9 Å². The van der Waals surface area contributed by atoms with Crippen LogP contribution in [0.15, 0.2) is 64.0 Å². The van der Waals surface area contributed by atoms with Crippen LogP contribution in [-0.2, 0) is 71.1 Å². The first-order valence-electron chi connectivity index (χ1n) is 34.9. The van der Waals surface area contributed by atoms with Crippen molar-refractivity contribution in [1.29, 1.82) is 0 Å². The first-order valence-corrected chi connectivity index (χ1v) is 34.9. The molecule has 3 aromatic rings. The minimum absolute atomic E-state index is 0.0291. The lowest BCUT2D eigenvalue weighted by Crippen LogP contribution is -2.70. The van der Waals surface area contributed by atoms with Crippen LogP contribution in [0.4, 0.5) is 0 Å². The third-order valence-corrected chi connectivity index (χ3v) is 20.4. The van der Waals surface area contributed by atoms with Crippen molar-refractivity contribution < 1.29 is 203 Å². The molecule has 40 atom stereocenters. The fourth-order valence-corrected chi connectivity index (χ4v) is 14.6. The standard InChI is InChI=1S/C48H80O39.C18H16O3/c49-1-9-17-18(57)27(66)42(74-9)82-35-11(3-51)76-44(29(68)21(35)60)84-37-13(5-53)78-46(31(70)23(37)62)86-39-15(7-55)80-48(33(72)25(39)64)87-40-16(8-56)79-47(32(71)26(40)65)85-38-14(6-54)77-45(30(69)24(38)63)83-36-12(4-52)75-43(28(67)22(36)61)81-34-10(2-50)73-41(17)20(59)19(34)58;1-12(2)21-14-8-9-15-17(10-14)20-11-16(18(15)19)13-6-4-3-5-7-13/h9-72H,1-8H2;3-12H,1-2H3/t9-,10-,11-,12-,13-,14-,15-,16-,17?,18+,19-,20-,21-,22-,23-,24-,25-,26-,27-,28-,29-,30-,31-,32-,33-,34?,35-,36-,37-,38-,39-,40-,41?,42?,43?,44-,45-,46-,47-,48-;/m1./s1. The summed E-state index contributed by atoms with van der Waals surface area (Å²) in [6.45, 7) is -4.71. The zero-order chi connectivity index (χ0) is 78.2. The van der Waals surface area contributed by atoms with Gasteiger partial charge in [-0.05, 0) is 31.5 Å². The quantitative estimate of drug-likeness (QED) is 0.0848. The maximum Gasteiger partial charge on any atom is 0.200 e. The second-order valence-corrected chi connectivity index (χ2v) is 27.7. The number of fused-ring (bicyclic) bond motifs is 1. The summed E-state index contributed by atoms with van der Waals surface area (Å²) >= 11 is 0. The lowest BCUT2D eigenvalue weighted by atomic mass is 9.78. The van der Waals surface area contributed by atoms with Crippen molar-refractivity contribution in [1.82, 2.24) is 0 Å². The predicted molar refractivity (Wildman–Crippen MR) is 343 cm³/mol. The lowest BCUT2D eigenvalue weighted by Gasteiger charge is -2.52. The van der Waals surface area contributed by atoms with Crippen LogP contribution in [0.3, 0.4) is 0 Å². The Balaban J connectivity index is 0.000000471. The van der Waals surface area contributed by atoms with Crippen LogP contribution < -0.4 is 10.2 Å². The Morgan fingerprint density at radius 1 is 0.315 bits per heavy atom. The van der Waals surface area contributed by atoms with Gasteiger partial charge in [-0.15, -0.1) is 0 Å². The van der Waals surface area contributed by atoms with E-state index in [9.17, 15) is 127 Å². The van der Waals surface area contributed by atoms with Gasteiger partial charge in [0.2, 0.25) is 0 Å². The van der Waals surface area contributed by atoms with E-state index in [4.69, 9.17) is 80.2 Å². The summed E-state index contributed by atoms with van der Waals surface area (Å²) in [7, 11) is 0. The van der Waals surface area contributed by atoms with Crippen LogP contribution in [0, 0.1) is 5.92 Å². The summed E-state index contributed by atoms with van der Waals surface area (Å²) in [4.78, 5) is 12.6. The van der Waals surface area contributed by atoms with Crippen LogP contribution in [0.25, 0.3) is 22.1 Å². The average Bonchev–Trinajstić information content (AvgIpc) is 0.777. The van der Waals surface area contributed by atoms with E-state index in [1.165, 1.54) is 6.26 Å². The average molecular weight is 1560 g/mol. The van der Waals surface area contributed by atoms with E-state index in [0.29, 0.717) is 22.3 Å². The minimum atomic E-state index is -2.25. The molecule has 612 valence electrons. The highest BCUT2D eigenvalue weighted by molar-refractivity contribution is 5.82. The first-order chi connectivity index (χ1) is 51.6. The number of aliphatic hydroxyl groups is 24. The molecule has 30 fully saturated rings. The SMILES string of the molecule is CC(C)Oc1ccc2c(=O)c(-c3ccccc3)coc2c1.OC[C@H]1OC2C3[C@@H](CO)OC(O[C@H]4[C@H](O)[C@@H](O)[C@@H](O[C@H]5[C@H](O)[C@@H](O)[C@@H](O[C@H]6[C@H](O)[C@@H](O)[C@@H](O[C@H]7[C@H](O)[C@@H](O)[C@@H](O[C@H]8[C@H](O)[C@@H](O)[C@@H](O[C@H]9[C@H](O)[C@@H](O)C(OC1[C@H](O)[C@H]2O)O[C@@H]9CO)O[C@@H]8CO)O[C@@H]7CO)O[C@@H]6CO)O[C@@H]5CO)O[C@@H]4CO)[C@H](O)[C@H]3O. The maximum absolute atomic E-state index is 12.6. The Morgan fingerprint density at radius 2 is 0.583 bits per heavy atom. The van der Waals surface area contributed by atoms with Gasteiger partial charge < -0.3 is 203 Å². The second kappa shape index (κ2) is 36.6. The van der Waals surface area contributed by atoms with Crippen molar-refractivity contribution in [3.05, 3.63) is 65.0 Å². The van der Waals surface area contributed by atoms with Gasteiger partial charge in [0.25, 0.3) is 0 Å². The largest absolute Gasteiger partial charge is 0.491 e. The van der Waals surface area contributed by atoms with Crippen LogP contribution in [0.5, 0.6) is 5.75 Å². The molecule has 42 heteroatoms. The zero-order valence-electron chi connectivity index (χ0n) is 57.6. The second-order valence-electron chi connectivity index (χ2n) is 27.7. The highest BCUT2D eigenvalue weighted by Gasteiger charge is 2.62. The molecule has 0 aliphatic carbocycles. The molecule has 1 aromatic heterocycles. The highest BCUT2D eigenvalue weighted by atomic mass is 16.8. The van der Waals surface area contributed by atoms with Gasteiger partial charge in [0.15, 0.2) is 49.5 Å². The molecule has 31 heterocycles. The summed E-state index contributed by atoms with van der Waals surface area (Å²) in [6.07, 6.45) is -78.1. The van der Waals surface area contributed by atoms with E-state index in [2.05, 4.69) is 0 Å². The Hall–Kier alpha value is -4.11. The van der Waals surface area contributed by atoms with Gasteiger partial charge >= 0.3 is 0 Å². The summed E-state index contributed by atoms with van der Waals surface area (Å²) in [5.41, 5.74) is 1.94. The summed E-state index contributed by atoms with van der Waals surface area (Å²) in [5.74, 6) is -1.05. The van der Waals surface area contributed by atoms with E-state index in [1.807, 2.05) is 44.2 Å². The van der Waals surface area contributed by atoms with Gasteiger partial charge in [0.05, 0.1) is 88.2 Å². The Labute approximate surface area is 612 Å². The monoisotopic (exact) mass is 1560 g/mol. The van der Waals surface area contributed by atoms with E-state index in [0.717, 1.165) is 5.56 Å². The van der Waals surface area contributed by atoms with Crippen molar-refractivity contribution in [2.45, 2.75) is 259 Å². The Kier molecular flexibility index (Phi) is 28.7. The molecule has 24 N–H and O–H groups in total. The molecule has 5 unspecified atom stereocenters. The third kappa shape index (κ3) is 17.2. The summed E-state index contributed by atoms with van der Waals surface area (Å²) < 4.78 is 97.1. The van der Waals surface area contributed by atoms with Crippen molar-refractivity contribution in [3.8, 4) is 16.9 Å². The van der Waals surface area contributed by atoms with Crippen LogP contribution >= 0.6 is 0 Å². The summed E-state index contributed by atoms with van der Waals surface area (Å²) in [6, 6.07) is 14.8. The number of aliphatic hydroxyl groups excluding tert-OH is 24. The van der Waals surface area contributed by atoms with Gasteiger partial charge in [-0.3, -0.25) is 4.79 Å². The van der Waals surface area contributed by atoms with Crippen molar-refractivity contribution in [2.24, 2.45) is 5.92 Å². The lowest BCUT2D eigenvalue weighted by molar-refractivity contribution is -0.398. The maximum atomic E-state index is 12.6. The van der Waals surface area contributed by atoms with Gasteiger partial charge in [0.1, 0.15) is 195 Å². The number of ether oxygens (including phenoxy) is 16. The molecule has 0 radical (unpaired) electrons. The number of hydrogen-bond donors (Lipinski definition) is 24. The number of rotatable bonds is 11. The molecule has 0 spiro atoms. The molecular weight excluding hydrogens is 1460 g/mol. The fourth-order valence-electron chi connectivity index (χ4n) is 14.6. The van der Waals surface area contributed by atoms with Crippen LogP contribution in [0.2, 0.25) is 0 Å². The van der Waals surface area contributed by atoms with Crippen molar-refractivity contribution >= 4 is 11.0 Å². The highest BCUT2D eigenvalue weighted by Crippen LogP contribution is 2.42. The molecular formula is C66H96O42.